The largest absolute Gasteiger partial charge is 0.497 e. The smallest absolute Gasteiger partial charge is 0.250 e. The van der Waals surface area contributed by atoms with Gasteiger partial charge in [-0.25, -0.2) is 0 Å². The first-order valence-electron chi connectivity index (χ1n) is 7.48. The van der Waals surface area contributed by atoms with E-state index < -0.39 is 0 Å². The average molecular weight is 274 g/mol. The van der Waals surface area contributed by atoms with Crippen molar-refractivity contribution in [3.05, 3.63) is 18.2 Å². The monoisotopic (exact) mass is 274 g/mol. The van der Waals surface area contributed by atoms with Crippen LogP contribution in [0.5, 0.6) is 5.75 Å². The van der Waals surface area contributed by atoms with Crippen LogP contribution in [0.25, 0.3) is 0 Å². The predicted octanol–water partition coefficient (Wildman–Crippen LogP) is 3.18. The molecule has 108 valence electrons. The number of anilines is 2. The molecule has 1 saturated carbocycles. The van der Waals surface area contributed by atoms with E-state index in [2.05, 4.69) is 17.1 Å². The second-order valence-electron chi connectivity index (χ2n) is 5.67. The standard InChI is InChI=1S/C16H22N2O2/c1-3-18-14-11-12(20-2)7-8-13(14)17-15(19)16(18)9-5-4-6-10-16/h7-8,11H,3-6,9-10H2,1-2H3,(H,17,19). The lowest BCUT2D eigenvalue weighted by Crippen LogP contribution is -2.60. The number of amides is 1. The molecule has 1 aliphatic heterocycles. The van der Waals surface area contributed by atoms with Crippen molar-refractivity contribution in [2.45, 2.75) is 44.6 Å². The van der Waals surface area contributed by atoms with Crippen LogP contribution in [-0.2, 0) is 4.79 Å². The molecule has 4 nitrogen and oxygen atoms in total. The van der Waals surface area contributed by atoms with Gasteiger partial charge in [-0.3, -0.25) is 4.79 Å². The fourth-order valence-corrected chi connectivity index (χ4v) is 3.67. The van der Waals surface area contributed by atoms with Crippen molar-refractivity contribution in [1.82, 2.24) is 0 Å². The molecule has 1 aliphatic carbocycles. The molecule has 3 rings (SSSR count). The summed E-state index contributed by atoms with van der Waals surface area (Å²) >= 11 is 0. The van der Waals surface area contributed by atoms with Gasteiger partial charge in [-0.1, -0.05) is 19.3 Å². The van der Waals surface area contributed by atoms with Gasteiger partial charge >= 0.3 is 0 Å². The SMILES string of the molecule is CCN1c2cc(OC)ccc2NC(=O)C12CCCCC2. The van der Waals surface area contributed by atoms with Crippen molar-refractivity contribution < 1.29 is 9.53 Å². The maximum atomic E-state index is 12.7. The Kier molecular flexibility index (Phi) is 3.32. The van der Waals surface area contributed by atoms with E-state index >= 15 is 0 Å². The Labute approximate surface area is 120 Å². The lowest BCUT2D eigenvalue weighted by Gasteiger charge is -2.49. The summed E-state index contributed by atoms with van der Waals surface area (Å²) in [5.74, 6) is 1.00. The number of ether oxygens (including phenoxy) is 1. The normalized spacial score (nSPS) is 20.5. The Balaban J connectivity index is 2.08. The summed E-state index contributed by atoms with van der Waals surface area (Å²) in [5, 5.41) is 3.10. The van der Waals surface area contributed by atoms with Gasteiger partial charge in [0.25, 0.3) is 0 Å². The van der Waals surface area contributed by atoms with Gasteiger partial charge in [-0.2, -0.15) is 0 Å². The van der Waals surface area contributed by atoms with Crippen molar-refractivity contribution in [3.63, 3.8) is 0 Å². The van der Waals surface area contributed by atoms with Crippen LogP contribution in [0.4, 0.5) is 11.4 Å². The number of hydrogen-bond donors (Lipinski definition) is 1. The van der Waals surface area contributed by atoms with Crippen LogP contribution in [-0.4, -0.2) is 25.1 Å². The fraction of sp³-hybridized carbons (Fsp3) is 0.562. The highest BCUT2D eigenvalue weighted by atomic mass is 16.5. The number of hydrogen-bond acceptors (Lipinski definition) is 3. The number of methoxy groups -OCH3 is 1. The van der Waals surface area contributed by atoms with E-state index in [0.717, 1.165) is 49.4 Å². The van der Waals surface area contributed by atoms with E-state index in [4.69, 9.17) is 4.74 Å². The molecule has 20 heavy (non-hydrogen) atoms. The van der Waals surface area contributed by atoms with Gasteiger partial charge in [-0.05, 0) is 31.9 Å². The Hall–Kier alpha value is -1.71. The van der Waals surface area contributed by atoms with Gasteiger partial charge in [0.1, 0.15) is 11.3 Å². The van der Waals surface area contributed by atoms with Crippen LogP contribution in [0.1, 0.15) is 39.0 Å². The molecule has 1 aromatic carbocycles. The fourth-order valence-electron chi connectivity index (χ4n) is 3.67. The number of fused-ring (bicyclic) bond motifs is 1. The highest BCUT2D eigenvalue weighted by molar-refractivity contribution is 6.06. The van der Waals surface area contributed by atoms with Crippen molar-refractivity contribution in [1.29, 1.82) is 0 Å². The Morgan fingerprint density at radius 3 is 2.70 bits per heavy atom. The van der Waals surface area contributed by atoms with E-state index in [0.29, 0.717) is 0 Å². The minimum atomic E-state index is -0.355. The van der Waals surface area contributed by atoms with Crippen LogP contribution in [0.2, 0.25) is 0 Å². The summed E-state index contributed by atoms with van der Waals surface area (Å²) in [4.78, 5) is 15.0. The first-order valence-corrected chi connectivity index (χ1v) is 7.48. The molecule has 0 radical (unpaired) electrons. The molecule has 0 aromatic heterocycles. The topological polar surface area (TPSA) is 41.6 Å². The minimum Gasteiger partial charge on any atom is -0.497 e. The average Bonchev–Trinajstić information content (AvgIpc) is 2.49. The van der Waals surface area contributed by atoms with Crippen LogP contribution < -0.4 is 15.0 Å². The second kappa shape index (κ2) is 5.00. The number of rotatable bonds is 2. The van der Waals surface area contributed by atoms with Gasteiger partial charge < -0.3 is 15.0 Å². The summed E-state index contributed by atoms with van der Waals surface area (Å²) in [6.07, 6.45) is 5.39. The first kappa shape index (κ1) is 13.3. The molecular weight excluding hydrogens is 252 g/mol. The molecule has 0 bridgehead atoms. The summed E-state index contributed by atoms with van der Waals surface area (Å²) in [5.41, 5.74) is 1.63. The lowest BCUT2D eigenvalue weighted by molar-refractivity contribution is -0.122. The summed E-state index contributed by atoms with van der Waals surface area (Å²) < 4.78 is 5.34. The Morgan fingerprint density at radius 1 is 1.30 bits per heavy atom. The van der Waals surface area contributed by atoms with Crippen LogP contribution in [0.15, 0.2) is 18.2 Å². The number of carbonyl (C=O) groups excluding carboxylic acids is 1. The Bertz CT molecular complexity index is 521. The zero-order chi connectivity index (χ0) is 14.2. The van der Waals surface area contributed by atoms with Crippen molar-refractivity contribution in [3.8, 4) is 5.75 Å². The third-order valence-corrected chi connectivity index (χ3v) is 4.68. The second-order valence-corrected chi connectivity index (χ2v) is 5.67. The summed E-state index contributed by atoms with van der Waals surface area (Å²) in [7, 11) is 1.68. The summed E-state index contributed by atoms with van der Waals surface area (Å²) in [6, 6.07) is 5.87. The van der Waals surface area contributed by atoms with E-state index in [1.165, 1.54) is 6.42 Å². The van der Waals surface area contributed by atoms with Gasteiger partial charge in [0, 0.05) is 12.6 Å². The van der Waals surface area contributed by atoms with Crippen LogP contribution in [0, 0.1) is 0 Å². The molecule has 4 heteroatoms. The molecular formula is C16H22N2O2. The molecule has 1 N–H and O–H groups in total. The third-order valence-electron chi connectivity index (χ3n) is 4.68. The number of carbonyl (C=O) groups is 1. The van der Waals surface area contributed by atoms with Crippen LogP contribution >= 0.6 is 0 Å². The summed E-state index contributed by atoms with van der Waals surface area (Å²) in [6.45, 7) is 2.96. The minimum absolute atomic E-state index is 0.164. The van der Waals surface area contributed by atoms with Crippen molar-refractivity contribution in [2.24, 2.45) is 0 Å². The van der Waals surface area contributed by atoms with Crippen LogP contribution in [0.3, 0.4) is 0 Å². The zero-order valence-electron chi connectivity index (χ0n) is 12.2. The highest BCUT2D eigenvalue weighted by Gasteiger charge is 2.47. The molecule has 1 heterocycles. The Morgan fingerprint density at radius 2 is 2.05 bits per heavy atom. The number of benzene rings is 1. The van der Waals surface area contributed by atoms with Crippen molar-refractivity contribution >= 4 is 17.3 Å². The van der Waals surface area contributed by atoms with Gasteiger partial charge in [-0.15, -0.1) is 0 Å². The van der Waals surface area contributed by atoms with Gasteiger partial charge in [0.2, 0.25) is 5.91 Å². The maximum Gasteiger partial charge on any atom is 0.250 e. The molecule has 1 aromatic rings. The highest BCUT2D eigenvalue weighted by Crippen LogP contribution is 2.44. The van der Waals surface area contributed by atoms with Gasteiger partial charge in [0.15, 0.2) is 0 Å². The quantitative estimate of drug-likeness (QED) is 0.900. The maximum absolute atomic E-state index is 12.7. The molecule has 2 aliphatic rings. The van der Waals surface area contributed by atoms with Crippen molar-refractivity contribution in [2.75, 3.05) is 23.9 Å². The molecule has 0 atom stereocenters. The zero-order valence-corrected chi connectivity index (χ0v) is 12.2. The van der Waals surface area contributed by atoms with Gasteiger partial charge in [0.05, 0.1) is 18.5 Å². The van der Waals surface area contributed by atoms with E-state index in [-0.39, 0.29) is 11.4 Å². The van der Waals surface area contributed by atoms with E-state index in [9.17, 15) is 4.79 Å². The van der Waals surface area contributed by atoms with E-state index in [1.54, 1.807) is 7.11 Å². The third kappa shape index (κ3) is 1.86. The molecule has 1 spiro atoms. The molecule has 1 fully saturated rings. The molecule has 0 saturated heterocycles. The molecule has 1 amide bonds. The molecule has 0 unspecified atom stereocenters. The lowest BCUT2D eigenvalue weighted by atomic mass is 9.77. The first-order chi connectivity index (χ1) is 9.71. The van der Waals surface area contributed by atoms with E-state index in [1.807, 2.05) is 18.2 Å². The number of nitrogens with one attached hydrogen (secondary N) is 1. The number of nitrogens with zero attached hydrogens (tertiary/aromatic N) is 1. The number of likely N-dealkylation sites (N-methyl/N-ethyl adjacent to an activating group) is 1. The predicted molar refractivity (Wildman–Crippen MR) is 80.5 cm³/mol.